The maximum absolute atomic E-state index is 13.5. The van der Waals surface area contributed by atoms with Gasteiger partial charge in [0.1, 0.15) is 5.82 Å². The molecule has 2 rings (SSSR count). The van der Waals surface area contributed by atoms with Crippen LogP contribution < -0.4 is 11.1 Å². The number of amides is 3. The number of ether oxygens (including phenoxy) is 1. The smallest absolute Gasteiger partial charge is 0.318 e. The number of imide groups is 1. The number of rotatable bonds is 4. The van der Waals surface area contributed by atoms with Crippen molar-refractivity contribution in [3.63, 3.8) is 0 Å². The van der Waals surface area contributed by atoms with Gasteiger partial charge < -0.3 is 10.5 Å². The van der Waals surface area contributed by atoms with Gasteiger partial charge in [0.05, 0.1) is 5.41 Å². The maximum Gasteiger partial charge on any atom is 0.318 e. The van der Waals surface area contributed by atoms with Crippen molar-refractivity contribution in [1.82, 2.24) is 5.32 Å². The number of nitrogens with one attached hydrogen (secondary N) is 1. The second-order valence-corrected chi connectivity index (χ2v) is 5.70. The lowest BCUT2D eigenvalue weighted by molar-refractivity contribution is -0.160. The van der Waals surface area contributed by atoms with Gasteiger partial charge in [-0.05, 0) is 37.5 Å². The van der Waals surface area contributed by atoms with Gasteiger partial charge >= 0.3 is 12.0 Å². The Labute approximate surface area is 133 Å². The number of carbonyl (C=O) groups is 3. The molecule has 23 heavy (non-hydrogen) atoms. The predicted octanol–water partition coefficient (Wildman–Crippen LogP) is 1.76. The number of urea groups is 1. The van der Waals surface area contributed by atoms with E-state index in [2.05, 4.69) is 0 Å². The Bertz CT molecular complexity index is 626. The largest absolute Gasteiger partial charge is 0.452 e. The Kier molecular flexibility index (Phi) is 4.98. The second-order valence-electron chi connectivity index (χ2n) is 5.70. The topological polar surface area (TPSA) is 98.5 Å². The average Bonchev–Trinajstić information content (AvgIpc) is 2.97. The molecule has 1 aromatic rings. The van der Waals surface area contributed by atoms with E-state index >= 15 is 0 Å². The number of benzene rings is 1. The number of carbonyl (C=O) groups excluding carboxylic acids is 3. The number of nitrogens with two attached hydrogens (primary N) is 1. The van der Waals surface area contributed by atoms with Crippen LogP contribution in [0, 0.1) is 5.82 Å². The van der Waals surface area contributed by atoms with Crippen LogP contribution >= 0.6 is 0 Å². The van der Waals surface area contributed by atoms with Gasteiger partial charge in [0.25, 0.3) is 5.91 Å². The molecule has 124 valence electrons. The van der Waals surface area contributed by atoms with Crippen LogP contribution in [0.4, 0.5) is 9.18 Å². The van der Waals surface area contributed by atoms with Crippen molar-refractivity contribution in [3.05, 3.63) is 35.6 Å². The molecule has 7 heteroatoms. The minimum absolute atomic E-state index is 0.430. The molecule has 1 saturated carbocycles. The zero-order chi connectivity index (χ0) is 17.0. The lowest BCUT2D eigenvalue weighted by Gasteiger charge is -2.28. The summed E-state index contributed by atoms with van der Waals surface area (Å²) < 4.78 is 18.7. The van der Waals surface area contributed by atoms with Crippen LogP contribution in [0.3, 0.4) is 0 Å². The van der Waals surface area contributed by atoms with E-state index in [4.69, 9.17) is 10.5 Å². The molecule has 1 aliphatic rings. The van der Waals surface area contributed by atoms with Crippen molar-refractivity contribution < 1.29 is 23.5 Å². The van der Waals surface area contributed by atoms with E-state index in [9.17, 15) is 18.8 Å². The first-order valence-electron chi connectivity index (χ1n) is 7.42. The van der Waals surface area contributed by atoms with Crippen LogP contribution in [0.5, 0.6) is 0 Å². The third kappa shape index (κ3) is 3.67. The zero-order valence-corrected chi connectivity index (χ0v) is 12.8. The monoisotopic (exact) mass is 322 g/mol. The predicted molar refractivity (Wildman–Crippen MR) is 79.8 cm³/mol. The summed E-state index contributed by atoms with van der Waals surface area (Å²) >= 11 is 0. The highest BCUT2D eigenvalue weighted by Crippen LogP contribution is 2.42. The molecule has 1 aromatic carbocycles. The number of hydrogen-bond acceptors (Lipinski definition) is 4. The van der Waals surface area contributed by atoms with Crippen LogP contribution in [0.1, 0.15) is 38.2 Å². The lowest BCUT2D eigenvalue weighted by Crippen LogP contribution is -2.45. The molecule has 0 heterocycles. The summed E-state index contributed by atoms with van der Waals surface area (Å²) in [7, 11) is 0. The first kappa shape index (κ1) is 16.9. The van der Waals surface area contributed by atoms with E-state index in [1.165, 1.54) is 19.1 Å². The summed E-state index contributed by atoms with van der Waals surface area (Å²) in [6.45, 7) is 1.35. The van der Waals surface area contributed by atoms with E-state index in [1.54, 1.807) is 12.1 Å². The van der Waals surface area contributed by atoms with Gasteiger partial charge in [-0.1, -0.05) is 25.0 Å². The van der Waals surface area contributed by atoms with Crippen molar-refractivity contribution in [3.8, 4) is 0 Å². The minimum Gasteiger partial charge on any atom is -0.452 e. The fraction of sp³-hybridized carbons (Fsp3) is 0.438. The third-order valence-corrected chi connectivity index (χ3v) is 4.12. The average molecular weight is 322 g/mol. The highest BCUT2D eigenvalue weighted by atomic mass is 19.1. The standard InChI is InChI=1S/C16H19FN2O4/c1-10(13(20)19-15(18)22)23-14(21)16(7-2-3-8-16)11-5-4-6-12(17)9-11/h4-6,9-10H,2-3,7-8H2,1H3,(H3,18,19,20,22). The zero-order valence-electron chi connectivity index (χ0n) is 12.8. The fourth-order valence-corrected chi connectivity index (χ4v) is 2.93. The number of esters is 1. The van der Waals surface area contributed by atoms with Gasteiger partial charge in [0, 0.05) is 0 Å². The molecular weight excluding hydrogens is 303 g/mol. The summed E-state index contributed by atoms with van der Waals surface area (Å²) in [6.07, 6.45) is 1.51. The highest BCUT2D eigenvalue weighted by molar-refractivity contribution is 5.97. The van der Waals surface area contributed by atoms with Gasteiger partial charge in [-0.3, -0.25) is 14.9 Å². The van der Waals surface area contributed by atoms with Crippen LogP contribution in [-0.2, 0) is 19.7 Å². The molecule has 1 aliphatic carbocycles. The molecule has 0 spiro atoms. The van der Waals surface area contributed by atoms with E-state index < -0.39 is 35.2 Å². The Morgan fingerprint density at radius 2 is 1.96 bits per heavy atom. The summed E-state index contributed by atoms with van der Waals surface area (Å²) in [6, 6.07) is 4.84. The maximum atomic E-state index is 13.5. The van der Waals surface area contributed by atoms with Crippen LogP contribution in [-0.4, -0.2) is 24.0 Å². The normalized spacial score (nSPS) is 17.3. The lowest BCUT2D eigenvalue weighted by atomic mass is 9.79. The fourth-order valence-electron chi connectivity index (χ4n) is 2.93. The molecule has 1 fully saturated rings. The Balaban J connectivity index is 2.19. The number of primary amides is 1. The van der Waals surface area contributed by atoms with E-state index in [-0.39, 0.29) is 0 Å². The molecule has 1 atom stereocenters. The third-order valence-electron chi connectivity index (χ3n) is 4.12. The van der Waals surface area contributed by atoms with Crippen molar-refractivity contribution in [1.29, 1.82) is 0 Å². The first-order valence-corrected chi connectivity index (χ1v) is 7.42. The van der Waals surface area contributed by atoms with Gasteiger partial charge in [-0.15, -0.1) is 0 Å². The first-order chi connectivity index (χ1) is 10.8. The number of halogens is 1. The SMILES string of the molecule is CC(OC(=O)C1(c2cccc(F)c2)CCCC1)C(=O)NC(N)=O. The summed E-state index contributed by atoms with van der Waals surface area (Å²) in [5.74, 6) is -1.81. The molecule has 0 aliphatic heterocycles. The molecule has 6 nitrogen and oxygen atoms in total. The second kappa shape index (κ2) is 6.76. The molecule has 3 N–H and O–H groups in total. The summed E-state index contributed by atoms with van der Waals surface area (Å²) in [5, 5.41) is 1.86. The van der Waals surface area contributed by atoms with Gasteiger partial charge in [0.2, 0.25) is 0 Å². The Hall–Kier alpha value is -2.44. The molecule has 1 unspecified atom stereocenters. The summed E-state index contributed by atoms with van der Waals surface area (Å²) in [5.41, 5.74) is 4.45. The van der Waals surface area contributed by atoms with Crippen LogP contribution in [0.2, 0.25) is 0 Å². The van der Waals surface area contributed by atoms with Gasteiger partial charge in [0.15, 0.2) is 6.10 Å². The van der Waals surface area contributed by atoms with Gasteiger partial charge in [-0.25, -0.2) is 9.18 Å². The van der Waals surface area contributed by atoms with E-state index in [0.29, 0.717) is 18.4 Å². The number of hydrogen-bond donors (Lipinski definition) is 2. The van der Waals surface area contributed by atoms with Crippen LogP contribution in [0.15, 0.2) is 24.3 Å². The highest BCUT2D eigenvalue weighted by Gasteiger charge is 2.45. The minimum atomic E-state index is -1.17. The molecular formula is C16H19FN2O4. The molecule has 0 aromatic heterocycles. The van der Waals surface area contributed by atoms with E-state index in [0.717, 1.165) is 12.8 Å². The van der Waals surface area contributed by atoms with Crippen molar-refractivity contribution in [2.24, 2.45) is 5.73 Å². The van der Waals surface area contributed by atoms with Crippen LogP contribution in [0.25, 0.3) is 0 Å². The van der Waals surface area contributed by atoms with Gasteiger partial charge in [-0.2, -0.15) is 0 Å². The summed E-state index contributed by atoms with van der Waals surface area (Å²) in [4.78, 5) is 35.0. The molecule has 3 amide bonds. The van der Waals surface area contributed by atoms with Crippen molar-refractivity contribution in [2.45, 2.75) is 44.1 Å². The Morgan fingerprint density at radius 1 is 1.30 bits per heavy atom. The quantitative estimate of drug-likeness (QED) is 0.825. The van der Waals surface area contributed by atoms with Crippen molar-refractivity contribution >= 4 is 17.9 Å². The Morgan fingerprint density at radius 3 is 2.52 bits per heavy atom. The molecule has 0 saturated heterocycles. The van der Waals surface area contributed by atoms with Crippen molar-refractivity contribution in [2.75, 3.05) is 0 Å². The molecule has 0 radical (unpaired) electrons. The molecule has 0 bridgehead atoms. The van der Waals surface area contributed by atoms with E-state index in [1.807, 2.05) is 5.32 Å².